The van der Waals surface area contributed by atoms with Crippen LogP contribution in [0, 0.1) is 0 Å². The van der Waals surface area contributed by atoms with Crippen LogP contribution in [0.1, 0.15) is 49.2 Å². The SMILES string of the molecule is CCC(C)c1cc[nH]c1C(C)=O. The van der Waals surface area contributed by atoms with Crippen molar-refractivity contribution in [2.75, 3.05) is 0 Å². The monoisotopic (exact) mass is 165 g/mol. The predicted octanol–water partition coefficient (Wildman–Crippen LogP) is 2.73. The van der Waals surface area contributed by atoms with E-state index in [1.165, 1.54) is 0 Å². The fourth-order valence-electron chi connectivity index (χ4n) is 1.32. The maximum Gasteiger partial charge on any atom is 0.176 e. The number of hydrogen-bond donors (Lipinski definition) is 1. The molecule has 0 aromatic carbocycles. The van der Waals surface area contributed by atoms with E-state index >= 15 is 0 Å². The molecule has 1 heterocycles. The lowest BCUT2D eigenvalue weighted by Crippen LogP contribution is -2.00. The molecule has 0 fully saturated rings. The maximum absolute atomic E-state index is 11.1. The third kappa shape index (κ3) is 1.58. The Morgan fingerprint density at radius 2 is 2.33 bits per heavy atom. The van der Waals surface area contributed by atoms with Crippen LogP contribution in [0.25, 0.3) is 0 Å². The van der Waals surface area contributed by atoms with Gasteiger partial charge >= 0.3 is 0 Å². The van der Waals surface area contributed by atoms with E-state index < -0.39 is 0 Å². The van der Waals surface area contributed by atoms with Crippen LogP contribution in [0.5, 0.6) is 0 Å². The molecule has 0 radical (unpaired) electrons. The van der Waals surface area contributed by atoms with E-state index in [4.69, 9.17) is 0 Å². The molecule has 1 N–H and O–H groups in total. The maximum atomic E-state index is 11.1. The first-order chi connectivity index (χ1) is 5.66. The highest BCUT2D eigenvalue weighted by Crippen LogP contribution is 2.21. The molecule has 1 aromatic heterocycles. The molecule has 1 unspecified atom stereocenters. The van der Waals surface area contributed by atoms with Gasteiger partial charge in [-0.2, -0.15) is 0 Å². The Morgan fingerprint density at radius 1 is 1.67 bits per heavy atom. The molecule has 0 amide bonds. The van der Waals surface area contributed by atoms with Crippen molar-refractivity contribution in [1.82, 2.24) is 4.98 Å². The van der Waals surface area contributed by atoms with Crippen molar-refractivity contribution in [3.63, 3.8) is 0 Å². The van der Waals surface area contributed by atoms with Gasteiger partial charge in [0.1, 0.15) is 0 Å². The predicted molar refractivity (Wildman–Crippen MR) is 49.5 cm³/mol. The van der Waals surface area contributed by atoms with Crippen LogP contribution < -0.4 is 0 Å². The molecule has 1 aromatic rings. The van der Waals surface area contributed by atoms with Crippen molar-refractivity contribution in [2.24, 2.45) is 0 Å². The van der Waals surface area contributed by atoms with E-state index in [1.54, 1.807) is 6.92 Å². The summed E-state index contributed by atoms with van der Waals surface area (Å²) >= 11 is 0. The minimum absolute atomic E-state index is 0.121. The second-order valence-electron chi connectivity index (χ2n) is 3.17. The minimum Gasteiger partial charge on any atom is -0.359 e. The smallest absolute Gasteiger partial charge is 0.176 e. The fourth-order valence-corrected chi connectivity index (χ4v) is 1.32. The van der Waals surface area contributed by atoms with Crippen LogP contribution in [-0.4, -0.2) is 10.8 Å². The van der Waals surface area contributed by atoms with Gasteiger partial charge < -0.3 is 4.98 Å². The lowest BCUT2D eigenvalue weighted by Gasteiger charge is -2.07. The largest absolute Gasteiger partial charge is 0.359 e. The summed E-state index contributed by atoms with van der Waals surface area (Å²) in [6.45, 7) is 5.86. The second kappa shape index (κ2) is 3.57. The number of Topliss-reactive ketones (excluding diaryl/α,β-unsaturated/α-hetero) is 1. The number of hydrogen-bond acceptors (Lipinski definition) is 1. The summed E-state index contributed by atoms with van der Waals surface area (Å²) < 4.78 is 0. The van der Waals surface area contributed by atoms with Gasteiger partial charge in [0.2, 0.25) is 0 Å². The number of ketones is 1. The van der Waals surface area contributed by atoms with E-state index in [9.17, 15) is 4.79 Å². The topological polar surface area (TPSA) is 32.9 Å². The molecule has 0 bridgehead atoms. The quantitative estimate of drug-likeness (QED) is 0.686. The van der Waals surface area contributed by atoms with Gasteiger partial charge in [-0.25, -0.2) is 0 Å². The molecule has 0 saturated heterocycles. The molecule has 0 saturated carbocycles. The molecule has 12 heavy (non-hydrogen) atoms. The zero-order valence-electron chi connectivity index (χ0n) is 7.85. The molecule has 2 heteroatoms. The third-order valence-corrected chi connectivity index (χ3v) is 2.27. The Bertz CT molecular complexity index is 275. The minimum atomic E-state index is 0.121. The summed E-state index contributed by atoms with van der Waals surface area (Å²) in [5.74, 6) is 0.588. The van der Waals surface area contributed by atoms with Gasteiger partial charge in [0, 0.05) is 13.1 Å². The van der Waals surface area contributed by atoms with E-state index in [0.29, 0.717) is 5.92 Å². The van der Waals surface area contributed by atoms with Crippen molar-refractivity contribution in [1.29, 1.82) is 0 Å². The van der Waals surface area contributed by atoms with Gasteiger partial charge in [-0.3, -0.25) is 4.79 Å². The summed E-state index contributed by atoms with van der Waals surface area (Å²) in [7, 11) is 0. The van der Waals surface area contributed by atoms with E-state index in [-0.39, 0.29) is 5.78 Å². The highest BCUT2D eigenvalue weighted by atomic mass is 16.1. The normalized spacial score (nSPS) is 12.9. The van der Waals surface area contributed by atoms with Crippen LogP contribution >= 0.6 is 0 Å². The first-order valence-electron chi connectivity index (χ1n) is 4.35. The van der Waals surface area contributed by atoms with Crippen molar-refractivity contribution in [3.05, 3.63) is 23.5 Å². The van der Waals surface area contributed by atoms with Gasteiger partial charge in [0.25, 0.3) is 0 Å². The molecular weight excluding hydrogens is 150 g/mol. The van der Waals surface area contributed by atoms with Gasteiger partial charge in [-0.1, -0.05) is 13.8 Å². The Balaban J connectivity index is 2.98. The fraction of sp³-hybridized carbons (Fsp3) is 0.500. The summed E-state index contributed by atoms with van der Waals surface area (Å²) in [6.07, 6.45) is 2.90. The zero-order chi connectivity index (χ0) is 9.14. The number of aromatic amines is 1. The molecule has 0 aliphatic heterocycles. The standard InChI is InChI=1S/C10H15NO/c1-4-7(2)9-5-6-11-10(9)8(3)12/h5-7,11H,4H2,1-3H3. The lowest BCUT2D eigenvalue weighted by molar-refractivity contribution is 0.101. The Morgan fingerprint density at radius 3 is 2.83 bits per heavy atom. The highest BCUT2D eigenvalue weighted by molar-refractivity contribution is 5.93. The third-order valence-electron chi connectivity index (χ3n) is 2.27. The Kier molecular flexibility index (Phi) is 2.69. The first-order valence-corrected chi connectivity index (χ1v) is 4.35. The van der Waals surface area contributed by atoms with Crippen molar-refractivity contribution in [3.8, 4) is 0 Å². The van der Waals surface area contributed by atoms with E-state index in [1.807, 2.05) is 12.3 Å². The Labute approximate surface area is 73.0 Å². The summed E-state index contributed by atoms with van der Waals surface area (Å²) in [5.41, 5.74) is 1.91. The Hall–Kier alpha value is -1.05. The van der Waals surface area contributed by atoms with Gasteiger partial charge in [-0.05, 0) is 24.0 Å². The second-order valence-corrected chi connectivity index (χ2v) is 3.17. The van der Waals surface area contributed by atoms with Gasteiger partial charge in [0.05, 0.1) is 5.69 Å². The summed E-state index contributed by atoms with van der Waals surface area (Å²) in [6, 6.07) is 1.99. The number of aromatic nitrogens is 1. The van der Waals surface area contributed by atoms with Crippen molar-refractivity contribution < 1.29 is 4.79 Å². The molecule has 1 rings (SSSR count). The number of H-pyrrole nitrogens is 1. The highest BCUT2D eigenvalue weighted by Gasteiger charge is 2.12. The summed E-state index contributed by atoms with van der Waals surface area (Å²) in [4.78, 5) is 14.1. The van der Waals surface area contributed by atoms with Gasteiger partial charge in [0.15, 0.2) is 5.78 Å². The number of rotatable bonds is 3. The number of carbonyl (C=O) groups excluding carboxylic acids is 1. The first kappa shape index (κ1) is 9.04. The van der Waals surface area contributed by atoms with Crippen molar-refractivity contribution in [2.45, 2.75) is 33.1 Å². The molecule has 0 aliphatic carbocycles. The summed E-state index contributed by atoms with van der Waals surface area (Å²) in [5, 5.41) is 0. The zero-order valence-corrected chi connectivity index (χ0v) is 7.85. The van der Waals surface area contributed by atoms with Crippen molar-refractivity contribution >= 4 is 5.78 Å². The van der Waals surface area contributed by atoms with Crippen LogP contribution in [-0.2, 0) is 0 Å². The van der Waals surface area contributed by atoms with Crippen LogP contribution in [0.2, 0.25) is 0 Å². The molecule has 1 atom stereocenters. The number of carbonyl (C=O) groups is 1. The average molecular weight is 165 g/mol. The molecular formula is C10H15NO. The lowest BCUT2D eigenvalue weighted by atomic mass is 9.98. The van der Waals surface area contributed by atoms with Crippen LogP contribution in [0.4, 0.5) is 0 Å². The van der Waals surface area contributed by atoms with Crippen LogP contribution in [0.3, 0.4) is 0 Å². The average Bonchev–Trinajstić information content (AvgIpc) is 2.50. The molecule has 66 valence electrons. The van der Waals surface area contributed by atoms with E-state index in [2.05, 4.69) is 18.8 Å². The number of nitrogens with one attached hydrogen (secondary N) is 1. The van der Waals surface area contributed by atoms with E-state index in [0.717, 1.165) is 17.7 Å². The van der Waals surface area contributed by atoms with Gasteiger partial charge in [-0.15, -0.1) is 0 Å². The molecule has 0 spiro atoms. The molecule has 0 aliphatic rings. The molecule has 2 nitrogen and oxygen atoms in total. The van der Waals surface area contributed by atoms with Crippen LogP contribution in [0.15, 0.2) is 12.3 Å².